The molecule has 1 aromatic rings. The van der Waals surface area contributed by atoms with Gasteiger partial charge in [-0.2, -0.15) is 8.78 Å². The van der Waals surface area contributed by atoms with Crippen molar-refractivity contribution in [2.24, 2.45) is 9.98 Å². The predicted octanol–water partition coefficient (Wildman–Crippen LogP) is 3.04. The fourth-order valence-corrected chi connectivity index (χ4v) is 2.61. The van der Waals surface area contributed by atoms with Gasteiger partial charge in [0.2, 0.25) is 0 Å². The van der Waals surface area contributed by atoms with Gasteiger partial charge in [0.1, 0.15) is 11.6 Å². The number of hydrogen-bond acceptors (Lipinski definition) is 3. The lowest BCUT2D eigenvalue weighted by Crippen LogP contribution is -2.33. The SMILES string of the molecule is CC1=NCCC(=N[C@H](C)c2cccc3c2OCC3(F)F)N1. The van der Waals surface area contributed by atoms with Gasteiger partial charge in [-0.3, -0.25) is 9.98 Å². The van der Waals surface area contributed by atoms with Crippen molar-refractivity contribution in [1.29, 1.82) is 0 Å². The molecule has 0 radical (unpaired) electrons. The van der Waals surface area contributed by atoms with E-state index in [1.54, 1.807) is 12.1 Å². The van der Waals surface area contributed by atoms with Gasteiger partial charge in [0.15, 0.2) is 6.61 Å². The standard InChI is InChI=1S/C15H17F2N3O/c1-9(19-13-6-7-18-10(2)20-13)11-4-3-5-12-14(11)21-8-15(12,16)17/h3-5,9H,6-8H2,1-2H3,(H,18,19,20)/t9-/m1/s1. The molecule has 6 heteroatoms. The Morgan fingerprint density at radius 1 is 1.43 bits per heavy atom. The van der Waals surface area contributed by atoms with Crippen LogP contribution in [0.5, 0.6) is 5.75 Å². The molecule has 0 fully saturated rings. The topological polar surface area (TPSA) is 46.0 Å². The smallest absolute Gasteiger partial charge is 0.310 e. The van der Waals surface area contributed by atoms with Crippen LogP contribution in [-0.4, -0.2) is 24.8 Å². The maximum Gasteiger partial charge on any atom is 0.310 e. The first-order valence-corrected chi connectivity index (χ1v) is 6.96. The lowest BCUT2D eigenvalue weighted by atomic mass is 10.0. The van der Waals surface area contributed by atoms with Gasteiger partial charge in [0, 0.05) is 18.5 Å². The van der Waals surface area contributed by atoms with Crippen LogP contribution in [0, 0.1) is 0 Å². The monoisotopic (exact) mass is 293 g/mol. The van der Waals surface area contributed by atoms with Crippen LogP contribution in [0.25, 0.3) is 0 Å². The van der Waals surface area contributed by atoms with Crippen molar-refractivity contribution in [2.45, 2.75) is 32.2 Å². The number of aliphatic imine (C=N–C) groups is 2. The van der Waals surface area contributed by atoms with E-state index in [4.69, 9.17) is 4.74 Å². The molecular formula is C15H17F2N3O. The van der Waals surface area contributed by atoms with E-state index in [1.807, 2.05) is 13.8 Å². The molecule has 2 aliphatic heterocycles. The van der Waals surface area contributed by atoms with E-state index >= 15 is 0 Å². The minimum atomic E-state index is -2.91. The molecule has 0 unspecified atom stereocenters. The summed E-state index contributed by atoms with van der Waals surface area (Å²) in [6.45, 7) is 3.87. The van der Waals surface area contributed by atoms with Gasteiger partial charge in [-0.1, -0.05) is 12.1 Å². The van der Waals surface area contributed by atoms with Crippen molar-refractivity contribution in [2.75, 3.05) is 13.2 Å². The Hall–Kier alpha value is -1.98. The van der Waals surface area contributed by atoms with Crippen LogP contribution < -0.4 is 10.1 Å². The number of benzene rings is 1. The zero-order chi connectivity index (χ0) is 15.0. The van der Waals surface area contributed by atoms with Crippen molar-refractivity contribution in [3.05, 3.63) is 29.3 Å². The Kier molecular flexibility index (Phi) is 3.39. The minimum Gasteiger partial charge on any atom is -0.486 e. The second-order valence-corrected chi connectivity index (χ2v) is 5.31. The molecule has 0 saturated carbocycles. The predicted molar refractivity (Wildman–Crippen MR) is 77.4 cm³/mol. The Morgan fingerprint density at radius 3 is 3.00 bits per heavy atom. The third kappa shape index (κ3) is 2.62. The third-order valence-corrected chi connectivity index (χ3v) is 3.66. The molecule has 0 aromatic heterocycles. The highest BCUT2D eigenvalue weighted by molar-refractivity contribution is 6.01. The molecule has 0 saturated heterocycles. The lowest BCUT2D eigenvalue weighted by molar-refractivity contribution is -0.0214. The van der Waals surface area contributed by atoms with E-state index in [0.717, 1.165) is 18.1 Å². The summed E-state index contributed by atoms with van der Waals surface area (Å²) in [6, 6.07) is 4.59. The molecule has 112 valence electrons. The first-order chi connectivity index (χ1) is 9.97. The van der Waals surface area contributed by atoms with Crippen LogP contribution >= 0.6 is 0 Å². The Bertz CT molecular complexity index is 625. The summed E-state index contributed by atoms with van der Waals surface area (Å²) in [5.74, 6) is -0.976. The number of hydrogen-bond donors (Lipinski definition) is 1. The van der Waals surface area contributed by atoms with E-state index in [1.165, 1.54) is 6.07 Å². The second-order valence-electron chi connectivity index (χ2n) is 5.31. The summed E-state index contributed by atoms with van der Waals surface area (Å²) < 4.78 is 32.6. The number of nitrogens with zero attached hydrogens (tertiary/aromatic N) is 2. The summed E-state index contributed by atoms with van der Waals surface area (Å²) in [4.78, 5) is 8.82. The highest BCUT2D eigenvalue weighted by atomic mass is 19.3. The molecule has 2 aliphatic rings. The summed E-state index contributed by atoms with van der Waals surface area (Å²) in [7, 11) is 0. The first-order valence-electron chi connectivity index (χ1n) is 6.96. The zero-order valence-electron chi connectivity index (χ0n) is 12.0. The van der Waals surface area contributed by atoms with Crippen molar-refractivity contribution >= 4 is 11.7 Å². The van der Waals surface area contributed by atoms with Gasteiger partial charge in [0.05, 0.1) is 17.4 Å². The highest BCUT2D eigenvalue weighted by Crippen LogP contribution is 2.45. The summed E-state index contributed by atoms with van der Waals surface area (Å²) in [6.07, 6.45) is 0.730. The quantitative estimate of drug-likeness (QED) is 0.911. The lowest BCUT2D eigenvalue weighted by Gasteiger charge is -2.17. The zero-order valence-corrected chi connectivity index (χ0v) is 12.0. The molecule has 3 rings (SSSR count). The Labute approximate surface area is 121 Å². The van der Waals surface area contributed by atoms with Crippen LogP contribution in [0.15, 0.2) is 28.2 Å². The van der Waals surface area contributed by atoms with Crippen LogP contribution in [0.3, 0.4) is 0 Å². The normalized spacial score (nSPS) is 23.0. The number of alkyl halides is 2. The van der Waals surface area contributed by atoms with E-state index in [-0.39, 0.29) is 17.4 Å². The van der Waals surface area contributed by atoms with Crippen molar-refractivity contribution < 1.29 is 13.5 Å². The Balaban J connectivity index is 1.90. The third-order valence-electron chi connectivity index (χ3n) is 3.66. The van der Waals surface area contributed by atoms with Crippen molar-refractivity contribution in [1.82, 2.24) is 5.32 Å². The van der Waals surface area contributed by atoms with Crippen LogP contribution in [0.2, 0.25) is 0 Å². The maximum absolute atomic E-state index is 13.7. The summed E-state index contributed by atoms with van der Waals surface area (Å²) in [5, 5.41) is 3.11. The van der Waals surface area contributed by atoms with E-state index in [9.17, 15) is 8.78 Å². The van der Waals surface area contributed by atoms with Crippen molar-refractivity contribution in [3.63, 3.8) is 0 Å². The van der Waals surface area contributed by atoms with Crippen LogP contribution in [0.1, 0.15) is 37.4 Å². The van der Waals surface area contributed by atoms with Gasteiger partial charge in [-0.15, -0.1) is 0 Å². The number of ether oxygens (including phenoxy) is 1. The maximum atomic E-state index is 13.7. The molecule has 4 nitrogen and oxygen atoms in total. The van der Waals surface area contributed by atoms with Gasteiger partial charge >= 0.3 is 5.92 Å². The van der Waals surface area contributed by atoms with Gasteiger partial charge < -0.3 is 10.1 Å². The molecule has 1 atom stereocenters. The van der Waals surface area contributed by atoms with Crippen LogP contribution in [0.4, 0.5) is 8.78 Å². The number of rotatable bonds is 2. The van der Waals surface area contributed by atoms with Gasteiger partial charge in [-0.25, -0.2) is 0 Å². The summed E-state index contributed by atoms with van der Waals surface area (Å²) in [5.41, 5.74) is 0.653. The molecule has 1 N–H and O–H groups in total. The van der Waals surface area contributed by atoms with E-state index < -0.39 is 12.5 Å². The van der Waals surface area contributed by atoms with Crippen molar-refractivity contribution in [3.8, 4) is 5.75 Å². The van der Waals surface area contributed by atoms with E-state index in [0.29, 0.717) is 12.1 Å². The first kappa shape index (κ1) is 14.0. The molecule has 0 amide bonds. The number of nitrogens with one attached hydrogen (secondary N) is 1. The Morgan fingerprint density at radius 2 is 2.24 bits per heavy atom. The second kappa shape index (κ2) is 5.09. The molecule has 0 aliphatic carbocycles. The highest BCUT2D eigenvalue weighted by Gasteiger charge is 2.42. The molecule has 0 spiro atoms. The van der Waals surface area contributed by atoms with Crippen LogP contribution in [-0.2, 0) is 5.92 Å². The van der Waals surface area contributed by atoms with Gasteiger partial charge in [-0.05, 0) is 19.9 Å². The molecule has 1 aromatic carbocycles. The fraction of sp³-hybridized carbons (Fsp3) is 0.467. The van der Waals surface area contributed by atoms with E-state index in [2.05, 4.69) is 15.3 Å². The molecular weight excluding hydrogens is 276 g/mol. The average molecular weight is 293 g/mol. The summed E-state index contributed by atoms with van der Waals surface area (Å²) >= 11 is 0. The minimum absolute atomic E-state index is 0.0404. The number of fused-ring (bicyclic) bond motifs is 1. The molecule has 21 heavy (non-hydrogen) atoms. The largest absolute Gasteiger partial charge is 0.486 e. The molecule has 0 bridgehead atoms. The number of amidine groups is 2. The number of halogens is 2. The number of para-hydroxylation sites is 1. The molecule has 2 heterocycles. The van der Waals surface area contributed by atoms with Gasteiger partial charge in [0.25, 0.3) is 0 Å². The average Bonchev–Trinajstić information content (AvgIpc) is 2.75. The fourth-order valence-electron chi connectivity index (χ4n) is 2.61.